The second-order valence-electron chi connectivity index (χ2n) is 6.15. The Hall–Kier alpha value is -3.68. The number of ether oxygens (including phenoxy) is 1. The number of esters is 1. The van der Waals surface area contributed by atoms with Crippen LogP contribution in [0.4, 0.5) is 10.1 Å². The number of hydrogen-bond donors (Lipinski definition) is 3. The summed E-state index contributed by atoms with van der Waals surface area (Å²) in [5.41, 5.74) is 2.86. The number of carbonyl (C=O) groups is 2. The van der Waals surface area contributed by atoms with E-state index < -0.39 is 5.97 Å². The number of nitrogens with zero attached hydrogens (tertiary/aromatic N) is 1. The minimum absolute atomic E-state index is 0.139. The van der Waals surface area contributed by atoms with Crippen LogP contribution in [0.3, 0.4) is 0 Å². The number of rotatable bonds is 3. The number of aryl methyl sites for hydroxylation is 1. The summed E-state index contributed by atoms with van der Waals surface area (Å²) in [6.07, 6.45) is 0. The van der Waals surface area contributed by atoms with E-state index in [-0.39, 0.29) is 17.4 Å². The summed E-state index contributed by atoms with van der Waals surface area (Å²) in [6, 6.07) is 9.47. The molecule has 0 saturated carbocycles. The molecule has 0 fully saturated rings. The van der Waals surface area contributed by atoms with E-state index in [1.165, 1.54) is 19.2 Å². The Bertz CT molecular complexity index is 1210. The Morgan fingerprint density at radius 2 is 1.93 bits per heavy atom. The molecule has 7 nitrogen and oxygen atoms in total. The predicted molar refractivity (Wildman–Crippen MR) is 98.4 cm³/mol. The van der Waals surface area contributed by atoms with Crippen LogP contribution in [-0.2, 0) is 4.74 Å². The Labute approximate surface area is 152 Å². The van der Waals surface area contributed by atoms with Gasteiger partial charge in [0, 0.05) is 22.0 Å². The van der Waals surface area contributed by atoms with Gasteiger partial charge in [0.05, 0.1) is 12.6 Å². The molecule has 2 aromatic heterocycles. The fraction of sp³-hybridized carbons (Fsp3) is 0.105. The Morgan fingerprint density at radius 1 is 1.11 bits per heavy atom. The highest BCUT2D eigenvalue weighted by Gasteiger charge is 2.16. The van der Waals surface area contributed by atoms with Crippen molar-refractivity contribution in [3.05, 3.63) is 59.2 Å². The average molecular weight is 366 g/mol. The number of fused-ring (bicyclic) bond motifs is 2. The van der Waals surface area contributed by atoms with Crippen LogP contribution in [0.2, 0.25) is 0 Å². The molecule has 3 N–H and O–H groups in total. The van der Waals surface area contributed by atoms with E-state index in [0.717, 1.165) is 10.9 Å². The lowest BCUT2D eigenvalue weighted by molar-refractivity contribution is 0.0596. The van der Waals surface area contributed by atoms with Gasteiger partial charge in [-0.25, -0.2) is 9.18 Å². The largest absolute Gasteiger partial charge is 0.464 e. The van der Waals surface area contributed by atoms with Crippen LogP contribution in [0, 0.1) is 12.7 Å². The number of nitrogens with one attached hydrogen (secondary N) is 3. The number of hydrogen-bond acceptors (Lipinski definition) is 4. The minimum atomic E-state index is -0.571. The highest BCUT2D eigenvalue weighted by atomic mass is 19.1. The molecule has 27 heavy (non-hydrogen) atoms. The summed E-state index contributed by atoms with van der Waals surface area (Å²) in [5, 5.41) is 10.8. The number of carbonyl (C=O) groups excluding carboxylic acids is 2. The fourth-order valence-electron chi connectivity index (χ4n) is 3.04. The number of amides is 1. The van der Waals surface area contributed by atoms with E-state index in [9.17, 15) is 14.0 Å². The standard InChI is InChI=1S/C19H15FN4O3/c1-9-5-10(20)6-15-12(9)8-16(22-15)18(25)21-11-3-4-14-13(7-11)17(24-23-14)19(26)27-2/h3-8,22H,1-2H3,(H,21,25)(H,23,24). The maximum absolute atomic E-state index is 13.5. The molecule has 136 valence electrons. The van der Waals surface area contributed by atoms with Crippen molar-refractivity contribution in [1.82, 2.24) is 15.2 Å². The lowest BCUT2D eigenvalue weighted by atomic mass is 10.1. The molecular formula is C19H15FN4O3. The molecule has 0 unspecified atom stereocenters. The number of benzene rings is 2. The van der Waals surface area contributed by atoms with Gasteiger partial charge in [-0.1, -0.05) is 0 Å². The van der Waals surface area contributed by atoms with Gasteiger partial charge in [-0.15, -0.1) is 0 Å². The normalized spacial score (nSPS) is 11.1. The second kappa shape index (κ2) is 6.24. The third kappa shape index (κ3) is 2.91. The van der Waals surface area contributed by atoms with Crippen LogP contribution in [0.5, 0.6) is 0 Å². The zero-order valence-corrected chi connectivity index (χ0v) is 14.5. The predicted octanol–water partition coefficient (Wildman–Crippen LogP) is 3.53. The molecule has 0 saturated heterocycles. The van der Waals surface area contributed by atoms with Crippen LogP contribution in [0.15, 0.2) is 36.4 Å². The van der Waals surface area contributed by atoms with Gasteiger partial charge in [0.1, 0.15) is 11.5 Å². The number of anilines is 1. The van der Waals surface area contributed by atoms with Gasteiger partial charge < -0.3 is 15.0 Å². The van der Waals surface area contributed by atoms with Gasteiger partial charge >= 0.3 is 5.97 Å². The van der Waals surface area contributed by atoms with Gasteiger partial charge in [0.25, 0.3) is 5.91 Å². The Kier molecular flexibility index (Phi) is 3.88. The zero-order valence-electron chi connectivity index (χ0n) is 14.5. The van der Waals surface area contributed by atoms with Gasteiger partial charge in [-0.05, 0) is 48.9 Å². The molecule has 0 radical (unpaired) electrons. The van der Waals surface area contributed by atoms with Gasteiger partial charge in [0.15, 0.2) is 5.69 Å². The fourth-order valence-corrected chi connectivity index (χ4v) is 3.04. The van der Waals surface area contributed by atoms with Gasteiger partial charge in [-0.3, -0.25) is 9.89 Å². The lowest BCUT2D eigenvalue weighted by Crippen LogP contribution is -2.12. The lowest BCUT2D eigenvalue weighted by Gasteiger charge is -2.04. The van der Waals surface area contributed by atoms with Crippen molar-refractivity contribution in [2.75, 3.05) is 12.4 Å². The summed E-state index contributed by atoms with van der Waals surface area (Å²) >= 11 is 0. The smallest absolute Gasteiger partial charge is 0.359 e. The van der Waals surface area contributed by atoms with E-state index in [1.807, 2.05) is 0 Å². The summed E-state index contributed by atoms with van der Waals surface area (Å²) < 4.78 is 18.2. The van der Waals surface area contributed by atoms with Crippen molar-refractivity contribution in [2.24, 2.45) is 0 Å². The van der Waals surface area contributed by atoms with Gasteiger partial charge in [-0.2, -0.15) is 5.10 Å². The van der Waals surface area contributed by atoms with Crippen molar-refractivity contribution < 1.29 is 18.7 Å². The molecule has 0 spiro atoms. The molecule has 4 aromatic rings. The van der Waals surface area contributed by atoms with Crippen LogP contribution in [-0.4, -0.2) is 34.2 Å². The Morgan fingerprint density at radius 3 is 2.70 bits per heavy atom. The molecule has 0 aliphatic rings. The number of aromatic nitrogens is 3. The van der Waals surface area contributed by atoms with E-state index in [2.05, 4.69) is 20.5 Å². The molecule has 0 bridgehead atoms. The molecule has 0 aliphatic heterocycles. The molecule has 4 rings (SSSR count). The number of halogens is 1. The first-order chi connectivity index (χ1) is 13.0. The maximum atomic E-state index is 13.5. The van der Waals surface area contributed by atoms with Crippen molar-refractivity contribution in [1.29, 1.82) is 0 Å². The first-order valence-electron chi connectivity index (χ1n) is 8.13. The number of H-pyrrole nitrogens is 2. The second-order valence-corrected chi connectivity index (χ2v) is 6.15. The summed E-state index contributed by atoms with van der Waals surface area (Å²) in [4.78, 5) is 27.3. The minimum Gasteiger partial charge on any atom is -0.464 e. The molecule has 8 heteroatoms. The van der Waals surface area contributed by atoms with Crippen LogP contribution in [0.25, 0.3) is 21.8 Å². The quantitative estimate of drug-likeness (QED) is 0.483. The summed E-state index contributed by atoms with van der Waals surface area (Å²) in [7, 11) is 1.27. The monoisotopic (exact) mass is 366 g/mol. The third-order valence-electron chi connectivity index (χ3n) is 4.35. The van der Waals surface area contributed by atoms with Crippen molar-refractivity contribution in [3.8, 4) is 0 Å². The number of aromatic amines is 2. The highest BCUT2D eigenvalue weighted by Crippen LogP contribution is 2.24. The molecule has 2 aromatic carbocycles. The number of methoxy groups -OCH3 is 1. The van der Waals surface area contributed by atoms with Gasteiger partial charge in [0.2, 0.25) is 0 Å². The maximum Gasteiger partial charge on any atom is 0.359 e. The molecule has 2 heterocycles. The van der Waals surface area contributed by atoms with Crippen molar-refractivity contribution in [3.63, 3.8) is 0 Å². The van der Waals surface area contributed by atoms with Crippen LogP contribution >= 0.6 is 0 Å². The topological polar surface area (TPSA) is 99.9 Å². The Balaban J connectivity index is 1.66. The van der Waals surface area contributed by atoms with E-state index in [1.54, 1.807) is 31.2 Å². The molecule has 1 amide bonds. The summed E-state index contributed by atoms with van der Waals surface area (Å²) in [5.74, 6) is -1.32. The SMILES string of the molecule is COC(=O)c1n[nH]c2ccc(NC(=O)c3cc4c(C)cc(F)cc4[nH]3)cc12. The molecule has 0 atom stereocenters. The van der Waals surface area contributed by atoms with Crippen molar-refractivity contribution >= 4 is 39.4 Å². The summed E-state index contributed by atoms with van der Waals surface area (Å²) in [6.45, 7) is 1.78. The average Bonchev–Trinajstić information content (AvgIpc) is 3.25. The first kappa shape index (κ1) is 16.8. The molecular weight excluding hydrogens is 351 g/mol. The molecule has 0 aliphatic carbocycles. The van der Waals surface area contributed by atoms with E-state index >= 15 is 0 Å². The van der Waals surface area contributed by atoms with Crippen LogP contribution < -0.4 is 5.32 Å². The first-order valence-corrected chi connectivity index (χ1v) is 8.13. The highest BCUT2D eigenvalue weighted by molar-refractivity contribution is 6.08. The van der Waals surface area contributed by atoms with E-state index in [4.69, 9.17) is 4.74 Å². The van der Waals surface area contributed by atoms with Crippen LogP contribution in [0.1, 0.15) is 26.5 Å². The third-order valence-corrected chi connectivity index (χ3v) is 4.35. The van der Waals surface area contributed by atoms with E-state index in [0.29, 0.717) is 27.8 Å². The zero-order chi connectivity index (χ0) is 19.1. The van der Waals surface area contributed by atoms with Crippen molar-refractivity contribution in [2.45, 2.75) is 6.92 Å².